The second kappa shape index (κ2) is 6.60. The Balaban J connectivity index is 2.39. The fraction of sp³-hybridized carbons (Fsp3) is 0.333. The van der Waals surface area contributed by atoms with Crippen LogP contribution in [0.5, 0.6) is 0 Å². The van der Waals surface area contributed by atoms with Crippen LogP contribution in [-0.4, -0.2) is 18.8 Å². The predicted molar refractivity (Wildman–Crippen MR) is 91.1 cm³/mol. The van der Waals surface area contributed by atoms with E-state index in [1.54, 1.807) is 33.8 Å². The van der Waals surface area contributed by atoms with E-state index in [0.717, 1.165) is 14.9 Å². The van der Waals surface area contributed by atoms with Crippen molar-refractivity contribution in [3.63, 3.8) is 0 Å². The normalized spacial score (nSPS) is 12.3. The van der Waals surface area contributed by atoms with Crippen LogP contribution in [0.15, 0.2) is 45.1 Å². The van der Waals surface area contributed by atoms with Crippen molar-refractivity contribution in [2.45, 2.75) is 38.3 Å². The van der Waals surface area contributed by atoms with Crippen LogP contribution in [-0.2, 0) is 16.6 Å². The molecule has 21 heavy (non-hydrogen) atoms. The summed E-state index contributed by atoms with van der Waals surface area (Å²) in [5.41, 5.74) is 0.913. The number of aryl methyl sites for hydroxylation is 1. The molecule has 0 bridgehead atoms. The highest BCUT2D eigenvalue weighted by Gasteiger charge is 2.27. The minimum atomic E-state index is -3.50. The Hall–Kier alpha value is -0.690. The van der Waals surface area contributed by atoms with E-state index >= 15 is 0 Å². The van der Waals surface area contributed by atoms with Gasteiger partial charge in [-0.05, 0) is 56.0 Å². The summed E-state index contributed by atoms with van der Waals surface area (Å²) in [7, 11) is -3.50. The van der Waals surface area contributed by atoms with E-state index < -0.39 is 10.0 Å². The van der Waals surface area contributed by atoms with Crippen molar-refractivity contribution in [2.24, 2.45) is 0 Å². The first-order valence-corrected chi connectivity index (χ1v) is 9.74. The molecular weight excluding hydrogens is 370 g/mol. The van der Waals surface area contributed by atoms with E-state index in [-0.39, 0.29) is 6.04 Å². The standard InChI is InChI=1S/C15H18BrNO2S2/c1-11(2)17(10-13-5-4-8-20-13)21(18,19)14-6-7-15(16)12(3)9-14/h4-9,11H,10H2,1-3H3. The second-order valence-electron chi connectivity index (χ2n) is 5.13. The van der Waals surface area contributed by atoms with E-state index in [2.05, 4.69) is 15.9 Å². The molecule has 0 spiro atoms. The molecule has 0 aliphatic heterocycles. The predicted octanol–water partition coefficient (Wildman–Crippen LogP) is 4.42. The first-order valence-electron chi connectivity index (χ1n) is 6.62. The monoisotopic (exact) mass is 387 g/mol. The van der Waals surface area contributed by atoms with Gasteiger partial charge in [0, 0.05) is 21.9 Å². The molecule has 0 amide bonds. The Morgan fingerprint density at radius 3 is 2.52 bits per heavy atom. The lowest BCUT2D eigenvalue weighted by molar-refractivity contribution is 0.350. The summed E-state index contributed by atoms with van der Waals surface area (Å²) in [6, 6.07) is 8.95. The third-order valence-electron chi connectivity index (χ3n) is 3.20. The number of nitrogens with zero attached hydrogens (tertiary/aromatic N) is 1. The SMILES string of the molecule is Cc1cc(S(=O)(=O)N(Cc2cccs2)C(C)C)ccc1Br. The average Bonchev–Trinajstić information content (AvgIpc) is 2.91. The largest absolute Gasteiger partial charge is 0.243 e. The number of hydrogen-bond acceptors (Lipinski definition) is 3. The van der Waals surface area contributed by atoms with Crippen LogP contribution < -0.4 is 0 Å². The third-order valence-corrected chi connectivity index (χ3v) is 6.97. The summed E-state index contributed by atoms with van der Waals surface area (Å²) in [6.07, 6.45) is 0. The number of hydrogen-bond donors (Lipinski definition) is 0. The quantitative estimate of drug-likeness (QED) is 0.761. The molecule has 0 aliphatic rings. The highest BCUT2D eigenvalue weighted by atomic mass is 79.9. The second-order valence-corrected chi connectivity index (χ2v) is 8.91. The highest BCUT2D eigenvalue weighted by Crippen LogP contribution is 2.26. The van der Waals surface area contributed by atoms with Crippen molar-refractivity contribution in [1.82, 2.24) is 4.31 Å². The molecular formula is C15H18BrNO2S2. The summed E-state index contributed by atoms with van der Waals surface area (Å²) < 4.78 is 28.2. The zero-order chi connectivity index (χ0) is 15.6. The lowest BCUT2D eigenvalue weighted by Gasteiger charge is -2.25. The first kappa shape index (κ1) is 16.7. The molecule has 0 aliphatic carbocycles. The summed E-state index contributed by atoms with van der Waals surface area (Å²) in [6.45, 7) is 6.10. The average molecular weight is 388 g/mol. The van der Waals surface area contributed by atoms with E-state index in [9.17, 15) is 8.42 Å². The van der Waals surface area contributed by atoms with Crippen LogP contribution in [0.4, 0.5) is 0 Å². The lowest BCUT2D eigenvalue weighted by atomic mass is 10.2. The molecule has 0 radical (unpaired) electrons. The van der Waals surface area contributed by atoms with Crippen molar-refractivity contribution in [1.29, 1.82) is 0 Å². The molecule has 0 saturated heterocycles. The van der Waals surface area contributed by atoms with E-state index in [1.165, 1.54) is 0 Å². The van der Waals surface area contributed by atoms with Gasteiger partial charge in [-0.15, -0.1) is 11.3 Å². The minimum Gasteiger partial charge on any atom is -0.207 e. The Labute approximate surface area is 138 Å². The maximum Gasteiger partial charge on any atom is 0.243 e. The number of rotatable bonds is 5. The lowest BCUT2D eigenvalue weighted by Crippen LogP contribution is -2.36. The van der Waals surface area contributed by atoms with Gasteiger partial charge in [0.1, 0.15) is 0 Å². The fourth-order valence-electron chi connectivity index (χ4n) is 2.01. The maximum absolute atomic E-state index is 12.9. The number of thiophene rings is 1. The molecule has 6 heteroatoms. The van der Waals surface area contributed by atoms with Crippen LogP contribution >= 0.6 is 27.3 Å². The smallest absolute Gasteiger partial charge is 0.207 e. The van der Waals surface area contributed by atoms with Crippen LogP contribution in [0.25, 0.3) is 0 Å². The van der Waals surface area contributed by atoms with Gasteiger partial charge in [-0.3, -0.25) is 0 Å². The van der Waals surface area contributed by atoms with Crippen LogP contribution in [0.3, 0.4) is 0 Å². The number of halogens is 1. The van der Waals surface area contributed by atoms with Crippen molar-refractivity contribution in [3.8, 4) is 0 Å². The van der Waals surface area contributed by atoms with E-state index in [4.69, 9.17) is 0 Å². The van der Waals surface area contributed by atoms with Crippen molar-refractivity contribution >= 4 is 37.3 Å². The molecule has 0 fully saturated rings. The van der Waals surface area contributed by atoms with E-state index in [1.807, 2.05) is 38.3 Å². The topological polar surface area (TPSA) is 37.4 Å². The van der Waals surface area contributed by atoms with E-state index in [0.29, 0.717) is 11.4 Å². The van der Waals surface area contributed by atoms with Gasteiger partial charge < -0.3 is 0 Å². The summed E-state index contributed by atoms with van der Waals surface area (Å²) in [4.78, 5) is 1.38. The van der Waals surface area contributed by atoms with Gasteiger partial charge in [-0.25, -0.2) is 8.42 Å². The van der Waals surface area contributed by atoms with Gasteiger partial charge in [0.2, 0.25) is 10.0 Å². The molecule has 3 nitrogen and oxygen atoms in total. The molecule has 1 aromatic heterocycles. The highest BCUT2D eigenvalue weighted by molar-refractivity contribution is 9.10. The minimum absolute atomic E-state index is 0.0962. The van der Waals surface area contributed by atoms with Crippen molar-refractivity contribution in [2.75, 3.05) is 0 Å². The Bertz CT molecular complexity index is 709. The zero-order valence-corrected chi connectivity index (χ0v) is 15.4. The van der Waals surface area contributed by atoms with Gasteiger partial charge in [-0.1, -0.05) is 22.0 Å². The Morgan fingerprint density at radius 1 is 1.29 bits per heavy atom. The number of benzene rings is 1. The van der Waals surface area contributed by atoms with Crippen LogP contribution in [0.2, 0.25) is 0 Å². The maximum atomic E-state index is 12.9. The molecule has 114 valence electrons. The molecule has 2 rings (SSSR count). The Morgan fingerprint density at radius 2 is 2.00 bits per heavy atom. The summed E-state index contributed by atoms with van der Waals surface area (Å²) >= 11 is 4.98. The van der Waals surface area contributed by atoms with Gasteiger partial charge in [0.05, 0.1) is 4.90 Å². The van der Waals surface area contributed by atoms with Crippen molar-refractivity contribution in [3.05, 3.63) is 50.6 Å². The number of sulfonamides is 1. The van der Waals surface area contributed by atoms with Crippen LogP contribution in [0.1, 0.15) is 24.3 Å². The van der Waals surface area contributed by atoms with Gasteiger partial charge in [0.15, 0.2) is 0 Å². The molecule has 1 aromatic carbocycles. The van der Waals surface area contributed by atoms with Gasteiger partial charge >= 0.3 is 0 Å². The summed E-state index contributed by atoms with van der Waals surface area (Å²) in [5.74, 6) is 0. The zero-order valence-electron chi connectivity index (χ0n) is 12.2. The summed E-state index contributed by atoms with van der Waals surface area (Å²) in [5, 5.41) is 1.96. The van der Waals surface area contributed by atoms with Gasteiger partial charge in [-0.2, -0.15) is 4.31 Å². The van der Waals surface area contributed by atoms with Gasteiger partial charge in [0.25, 0.3) is 0 Å². The molecule has 0 unspecified atom stereocenters. The molecule has 2 aromatic rings. The molecule has 0 atom stereocenters. The third kappa shape index (κ3) is 3.74. The molecule has 0 N–H and O–H groups in total. The molecule has 1 heterocycles. The molecule has 0 saturated carbocycles. The van der Waals surface area contributed by atoms with Crippen LogP contribution in [0, 0.1) is 6.92 Å². The fourth-order valence-corrected chi connectivity index (χ4v) is 4.75. The first-order chi connectivity index (χ1) is 9.82. The van der Waals surface area contributed by atoms with Crippen molar-refractivity contribution < 1.29 is 8.42 Å². The Kier molecular flexibility index (Phi) is 5.24.